The number of para-hydroxylation sites is 1. The summed E-state index contributed by atoms with van der Waals surface area (Å²) in [4.78, 5) is 14.5. The average Bonchev–Trinajstić information content (AvgIpc) is 3.28. The summed E-state index contributed by atoms with van der Waals surface area (Å²) in [6.07, 6.45) is 2.07. The summed E-state index contributed by atoms with van der Waals surface area (Å²) in [7, 11) is -2.83. The van der Waals surface area contributed by atoms with Crippen molar-refractivity contribution in [2.45, 2.75) is 18.9 Å². The summed E-state index contributed by atoms with van der Waals surface area (Å²) >= 11 is 1.66. The molecule has 8 heteroatoms. The van der Waals surface area contributed by atoms with E-state index in [9.17, 15) is 8.42 Å². The second-order valence-electron chi connectivity index (χ2n) is 7.81. The van der Waals surface area contributed by atoms with Crippen LogP contribution in [0, 0.1) is 0 Å². The molecule has 0 atom stereocenters. The van der Waals surface area contributed by atoms with Gasteiger partial charge in [0.25, 0.3) is 0 Å². The molecule has 1 aromatic carbocycles. The first-order chi connectivity index (χ1) is 14.1. The SMILES string of the molecule is O=S1(=O)CCN(C2CCN(c3nc(-c4ccsc4)nc4ccccc34)CC2)CC1. The van der Waals surface area contributed by atoms with Crippen molar-refractivity contribution in [3.8, 4) is 11.4 Å². The van der Waals surface area contributed by atoms with E-state index in [1.165, 1.54) is 0 Å². The van der Waals surface area contributed by atoms with E-state index in [4.69, 9.17) is 9.97 Å². The summed E-state index contributed by atoms with van der Waals surface area (Å²) < 4.78 is 23.4. The third-order valence-electron chi connectivity index (χ3n) is 6.02. The summed E-state index contributed by atoms with van der Waals surface area (Å²) in [6, 6.07) is 10.7. The van der Waals surface area contributed by atoms with Crippen LogP contribution >= 0.6 is 11.3 Å². The number of nitrogens with zero attached hydrogens (tertiary/aromatic N) is 4. The number of thiophene rings is 1. The molecule has 2 fully saturated rings. The van der Waals surface area contributed by atoms with Crippen LogP contribution in [0.25, 0.3) is 22.3 Å². The Bertz CT molecular complexity index is 1090. The minimum Gasteiger partial charge on any atom is -0.356 e. The lowest BCUT2D eigenvalue weighted by Gasteiger charge is -2.40. The number of rotatable bonds is 3. The van der Waals surface area contributed by atoms with Gasteiger partial charge in [0.1, 0.15) is 5.82 Å². The molecule has 152 valence electrons. The minimum absolute atomic E-state index is 0.299. The smallest absolute Gasteiger partial charge is 0.162 e. The van der Waals surface area contributed by atoms with Crippen LogP contribution in [0.1, 0.15) is 12.8 Å². The second kappa shape index (κ2) is 7.66. The van der Waals surface area contributed by atoms with Gasteiger partial charge in [0.05, 0.1) is 17.0 Å². The van der Waals surface area contributed by atoms with Crippen LogP contribution in [-0.4, -0.2) is 67.0 Å². The van der Waals surface area contributed by atoms with Gasteiger partial charge in [-0.1, -0.05) is 12.1 Å². The molecule has 0 saturated carbocycles. The Balaban J connectivity index is 1.38. The van der Waals surface area contributed by atoms with E-state index in [1.54, 1.807) is 11.3 Å². The molecule has 5 rings (SSSR count). The van der Waals surface area contributed by atoms with Crippen molar-refractivity contribution in [2.75, 3.05) is 42.6 Å². The Morgan fingerprint density at radius 2 is 1.72 bits per heavy atom. The van der Waals surface area contributed by atoms with Gasteiger partial charge in [0, 0.05) is 48.6 Å². The van der Waals surface area contributed by atoms with Crippen LogP contribution in [0.5, 0.6) is 0 Å². The van der Waals surface area contributed by atoms with Crippen LogP contribution in [0.2, 0.25) is 0 Å². The highest BCUT2D eigenvalue weighted by Gasteiger charge is 2.30. The Kier molecular flexibility index (Phi) is 5.01. The van der Waals surface area contributed by atoms with Gasteiger partial charge in [-0.15, -0.1) is 0 Å². The number of fused-ring (bicyclic) bond motifs is 1. The average molecular weight is 429 g/mol. The molecule has 0 amide bonds. The predicted octanol–water partition coefficient (Wildman–Crippen LogP) is 3.06. The highest BCUT2D eigenvalue weighted by atomic mass is 32.2. The largest absolute Gasteiger partial charge is 0.356 e. The molecule has 0 bridgehead atoms. The van der Waals surface area contributed by atoms with Crippen molar-refractivity contribution < 1.29 is 8.42 Å². The maximum absolute atomic E-state index is 11.7. The predicted molar refractivity (Wildman–Crippen MR) is 118 cm³/mol. The Hall–Kier alpha value is -2.03. The fourth-order valence-electron chi connectivity index (χ4n) is 4.36. The van der Waals surface area contributed by atoms with E-state index >= 15 is 0 Å². The van der Waals surface area contributed by atoms with Crippen LogP contribution in [0.3, 0.4) is 0 Å². The monoisotopic (exact) mass is 428 g/mol. The Labute approximate surface area is 175 Å². The molecular formula is C21H24N4O2S2. The zero-order valence-corrected chi connectivity index (χ0v) is 17.8. The van der Waals surface area contributed by atoms with Crippen molar-refractivity contribution in [3.63, 3.8) is 0 Å². The van der Waals surface area contributed by atoms with Crippen LogP contribution in [0.4, 0.5) is 5.82 Å². The first-order valence-electron chi connectivity index (χ1n) is 10.1. The van der Waals surface area contributed by atoms with Crippen molar-refractivity contribution >= 4 is 37.9 Å². The first kappa shape index (κ1) is 19.0. The van der Waals surface area contributed by atoms with E-state index in [-0.39, 0.29) is 0 Å². The zero-order valence-electron chi connectivity index (χ0n) is 16.2. The molecule has 0 radical (unpaired) electrons. The van der Waals surface area contributed by atoms with E-state index in [1.807, 2.05) is 12.1 Å². The standard InChI is InChI=1S/C21H24N4O2S2/c26-29(27)13-10-24(11-14-29)17-5-8-25(9-6-17)21-18-3-1-2-4-19(18)22-20(23-21)16-7-12-28-15-16/h1-4,7,12,15,17H,5-6,8-11,13-14H2. The number of sulfone groups is 1. The highest BCUT2D eigenvalue weighted by Crippen LogP contribution is 2.31. The molecule has 3 aromatic rings. The van der Waals surface area contributed by atoms with E-state index in [0.29, 0.717) is 30.6 Å². The highest BCUT2D eigenvalue weighted by molar-refractivity contribution is 7.91. The van der Waals surface area contributed by atoms with Gasteiger partial charge in [-0.3, -0.25) is 4.90 Å². The van der Waals surface area contributed by atoms with Gasteiger partial charge in [-0.05, 0) is 36.4 Å². The number of benzene rings is 1. The molecule has 0 N–H and O–H groups in total. The zero-order chi connectivity index (χ0) is 19.8. The quantitative estimate of drug-likeness (QED) is 0.639. The minimum atomic E-state index is -2.83. The van der Waals surface area contributed by atoms with Crippen LogP contribution in [0.15, 0.2) is 41.1 Å². The van der Waals surface area contributed by atoms with Gasteiger partial charge >= 0.3 is 0 Å². The Morgan fingerprint density at radius 1 is 0.966 bits per heavy atom. The van der Waals surface area contributed by atoms with Gasteiger partial charge in [-0.2, -0.15) is 11.3 Å². The van der Waals surface area contributed by atoms with E-state index in [2.05, 4.69) is 38.8 Å². The molecule has 0 spiro atoms. The normalized spacial score (nSPS) is 20.9. The maximum atomic E-state index is 11.7. The lowest BCUT2D eigenvalue weighted by Crippen LogP contribution is -2.50. The maximum Gasteiger partial charge on any atom is 0.162 e. The number of anilines is 1. The molecule has 4 heterocycles. The fourth-order valence-corrected chi connectivity index (χ4v) is 6.22. The molecule has 2 saturated heterocycles. The van der Waals surface area contributed by atoms with Gasteiger partial charge in [0.15, 0.2) is 15.7 Å². The van der Waals surface area contributed by atoms with Crippen LogP contribution in [-0.2, 0) is 9.84 Å². The van der Waals surface area contributed by atoms with E-state index < -0.39 is 9.84 Å². The topological polar surface area (TPSA) is 66.4 Å². The molecule has 2 aromatic heterocycles. The van der Waals surface area contributed by atoms with Gasteiger partial charge in [-0.25, -0.2) is 18.4 Å². The number of hydrogen-bond acceptors (Lipinski definition) is 7. The first-order valence-corrected chi connectivity index (χ1v) is 12.8. The van der Waals surface area contributed by atoms with Gasteiger partial charge in [0.2, 0.25) is 0 Å². The van der Waals surface area contributed by atoms with Crippen LogP contribution < -0.4 is 4.90 Å². The number of aromatic nitrogens is 2. The third-order valence-corrected chi connectivity index (χ3v) is 8.31. The molecule has 6 nitrogen and oxygen atoms in total. The fraction of sp³-hybridized carbons (Fsp3) is 0.429. The lowest BCUT2D eigenvalue weighted by molar-refractivity contribution is 0.182. The second-order valence-corrected chi connectivity index (χ2v) is 10.9. The summed E-state index contributed by atoms with van der Waals surface area (Å²) in [5, 5.41) is 5.23. The van der Waals surface area contributed by atoms with Crippen molar-refractivity contribution in [3.05, 3.63) is 41.1 Å². The summed E-state index contributed by atoms with van der Waals surface area (Å²) in [5.74, 6) is 2.39. The lowest BCUT2D eigenvalue weighted by atomic mass is 10.0. The van der Waals surface area contributed by atoms with E-state index in [0.717, 1.165) is 54.0 Å². The molecule has 2 aliphatic heterocycles. The van der Waals surface area contributed by atoms with Crippen molar-refractivity contribution in [2.24, 2.45) is 0 Å². The Morgan fingerprint density at radius 3 is 2.45 bits per heavy atom. The number of hydrogen-bond donors (Lipinski definition) is 0. The van der Waals surface area contributed by atoms with Crippen molar-refractivity contribution in [1.82, 2.24) is 14.9 Å². The molecule has 2 aliphatic rings. The number of piperidine rings is 1. The summed E-state index contributed by atoms with van der Waals surface area (Å²) in [6.45, 7) is 3.20. The molecule has 29 heavy (non-hydrogen) atoms. The van der Waals surface area contributed by atoms with Gasteiger partial charge < -0.3 is 4.90 Å². The molecular weight excluding hydrogens is 404 g/mol. The summed E-state index contributed by atoms with van der Waals surface area (Å²) in [5.41, 5.74) is 2.04. The molecule has 0 unspecified atom stereocenters. The molecule has 0 aliphatic carbocycles. The van der Waals surface area contributed by atoms with Crippen molar-refractivity contribution in [1.29, 1.82) is 0 Å². The third kappa shape index (κ3) is 3.89.